The van der Waals surface area contributed by atoms with Crippen LogP contribution in [0.3, 0.4) is 0 Å². The third-order valence-electron chi connectivity index (χ3n) is 5.52. The summed E-state index contributed by atoms with van der Waals surface area (Å²) < 4.78 is 10.7. The summed E-state index contributed by atoms with van der Waals surface area (Å²) in [7, 11) is 7.35. The summed E-state index contributed by atoms with van der Waals surface area (Å²) in [5, 5.41) is 7.10. The normalized spacial score (nSPS) is 18.9. The van der Waals surface area contributed by atoms with E-state index >= 15 is 0 Å². The number of hydrogen-bond donors (Lipinski definition) is 2. The lowest BCUT2D eigenvalue weighted by Crippen LogP contribution is -2.31. The molecule has 158 valence electrons. The summed E-state index contributed by atoms with van der Waals surface area (Å²) in [6.07, 6.45) is 6.52. The predicted octanol–water partition coefficient (Wildman–Crippen LogP) is 3.32. The minimum Gasteiger partial charge on any atom is -0.497 e. The fourth-order valence-corrected chi connectivity index (χ4v) is 3.77. The van der Waals surface area contributed by atoms with Crippen molar-refractivity contribution in [3.05, 3.63) is 36.0 Å². The number of nitrogens with one attached hydrogen (secondary N) is 2. The quantitative estimate of drug-likeness (QED) is 0.670. The Morgan fingerprint density at radius 2 is 1.86 bits per heavy atom. The van der Waals surface area contributed by atoms with Crippen molar-refractivity contribution in [2.75, 3.05) is 45.1 Å². The lowest BCUT2D eigenvalue weighted by Gasteiger charge is -2.29. The molecule has 7 heteroatoms. The number of nitrogens with zero attached hydrogens (tertiary/aromatic N) is 3. The van der Waals surface area contributed by atoms with Crippen molar-refractivity contribution >= 4 is 11.8 Å². The molecule has 0 aliphatic heterocycles. The summed E-state index contributed by atoms with van der Waals surface area (Å²) in [4.78, 5) is 10.9. The highest BCUT2D eigenvalue weighted by molar-refractivity contribution is 5.41. The van der Waals surface area contributed by atoms with E-state index in [1.54, 1.807) is 14.2 Å². The van der Waals surface area contributed by atoms with Gasteiger partial charge in [-0.15, -0.1) is 0 Å². The van der Waals surface area contributed by atoms with Crippen molar-refractivity contribution in [3.8, 4) is 11.5 Å². The number of anilines is 2. The Morgan fingerprint density at radius 1 is 1.07 bits per heavy atom. The van der Waals surface area contributed by atoms with Gasteiger partial charge in [-0.05, 0) is 50.3 Å². The third-order valence-corrected chi connectivity index (χ3v) is 5.52. The number of rotatable bonds is 9. The van der Waals surface area contributed by atoms with Crippen LogP contribution in [0.15, 0.2) is 30.5 Å². The first-order valence-electron chi connectivity index (χ1n) is 10.3. The molecule has 1 aliphatic carbocycles. The zero-order valence-corrected chi connectivity index (χ0v) is 17.9. The van der Waals surface area contributed by atoms with E-state index < -0.39 is 0 Å². The van der Waals surface area contributed by atoms with E-state index in [1.807, 2.05) is 43.4 Å². The van der Waals surface area contributed by atoms with Gasteiger partial charge in [0.05, 0.1) is 14.2 Å². The van der Waals surface area contributed by atoms with Gasteiger partial charge in [-0.1, -0.05) is 6.07 Å². The first kappa shape index (κ1) is 21.2. The van der Waals surface area contributed by atoms with Crippen LogP contribution in [0.1, 0.15) is 31.2 Å². The van der Waals surface area contributed by atoms with Gasteiger partial charge in [-0.3, -0.25) is 0 Å². The van der Waals surface area contributed by atoms with E-state index in [-0.39, 0.29) is 0 Å². The summed E-state index contributed by atoms with van der Waals surface area (Å²) in [5.41, 5.74) is 1.15. The summed E-state index contributed by atoms with van der Waals surface area (Å²) in [6, 6.07) is 8.34. The summed E-state index contributed by atoms with van der Waals surface area (Å²) >= 11 is 0. The van der Waals surface area contributed by atoms with Crippen molar-refractivity contribution in [3.63, 3.8) is 0 Å². The van der Waals surface area contributed by atoms with E-state index in [9.17, 15) is 0 Å². The minimum absolute atomic E-state index is 0.449. The van der Waals surface area contributed by atoms with Gasteiger partial charge in [-0.25, -0.2) is 4.98 Å². The van der Waals surface area contributed by atoms with E-state index in [0.717, 1.165) is 54.8 Å². The Bertz CT molecular complexity index is 776. The van der Waals surface area contributed by atoms with Gasteiger partial charge in [0.25, 0.3) is 0 Å². The van der Waals surface area contributed by atoms with E-state index in [0.29, 0.717) is 12.0 Å². The van der Waals surface area contributed by atoms with Gasteiger partial charge in [-0.2, -0.15) is 4.98 Å². The molecular weight excluding hydrogens is 366 g/mol. The Morgan fingerprint density at radius 3 is 2.55 bits per heavy atom. The molecule has 0 unspecified atom stereocenters. The van der Waals surface area contributed by atoms with Gasteiger partial charge >= 0.3 is 0 Å². The van der Waals surface area contributed by atoms with Crippen molar-refractivity contribution < 1.29 is 9.47 Å². The van der Waals surface area contributed by atoms with Crippen molar-refractivity contribution in [1.82, 2.24) is 15.3 Å². The highest BCUT2D eigenvalue weighted by atomic mass is 16.5. The molecule has 0 bridgehead atoms. The van der Waals surface area contributed by atoms with Crippen molar-refractivity contribution in [2.24, 2.45) is 5.92 Å². The molecule has 0 saturated heterocycles. The summed E-state index contributed by atoms with van der Waals surface area (Å²) in [5.74, 6) is 4.03. The average Bonchev–Trinajstić information content (AvgIpc) is 2.75. The van der Waals surface area contributed by atoms with Gasteiger partial charge < -0.3 is 25.0 Å². The van der Waals surface area contributed by atoms with E-state index in [1.165, 1.54) is 12.8 Å². The number of hydrogen-bond acceptors (Lipinski definition) is 7. The summed E-state index contributed by atoms with van der Waals surface area (Å²) in [6.45, 7) is 1.82. The highest BCUT2D eigenvalue weighted by Gasteiger charge is 2.21. The smallest absolute Gasteiger partial charge is 0.224 e. The molecule has 1 saturated carbocycles. The molecular formula is C22H33N5O2. The molecule has 1 fully saturated rings. The van der Waals surface area contributed by atoms with Crippen LogP contribution in [-0.4, -0.2) is 50.9 Å². The molecule has 2 N–H and O–H groups in total. The SMILES string of the molecule is COc1ccc(CNC[C@H]2CC[C@@H](Nc3nccc(N(C)C)n3)CC2)c(OC)c1. The lowest BCUT2D eigenvalue weighted by atomic mass is 9.86. The standard InChI is InChI=1S/C22H33N5O2/c1-27(2)21-11-12-24-22(26-21)25-18-8-5-16(6-9-18)14-23-15-17-7-10-19(28-3)13-20(17)29-4/h7,10-13,16,18,23H,5-6,8-9,14-15H2,1-4H3,(H,24,25,26)/t16-,18+. The minimum atomic E-state index is 0.449. The molecule has 3 rings (SSSR count). The van der Waals surface area contributed by atoms with Gasteiger partial charge in [0.15, 0.2) is 0 Å². The van der Waals surface area contributed by atoms with Gasteiger partial charge in [0.2, 0.25) is 5.95 Å². The van der Waals surface area contributed by atoms with Crippen LogP contribution in [0.5, 0.6) is 11.5 Å². The first-order valence-corrected chi connectivity index (χ1v) is 10.3. The zero-order valence-electron chi connectivity index (χ0n) is 17.9. The number of methoxy groups -OCH3 is 2. The molecule has 1 aliphatic rings. The Kier molecular flexibility index (Phi) is 7.52. The maximum Gasteiger partial charge on any atom is 0.224 e. The fraction of sp³-hybridized carbons (Fsp3) is 0.545. The molecule has 7 nitrogen and oxygen atoms in total. The Hall–Kier alpha value is -2.54. The lowest BCUT2D eigenvalue weighted by molar-refractivity contribution is 0.322. The van der Waals surface area contributed by atoms with E-state index in [4.69, 9.17) is 9.47 Å². The van der Waals surface area contributed by atoms with Crippen LogP contribution in [0.2, 0.25) is 0 Å². The largest absolute Gasteiger partial charge is 0.497 e. The molecule has 29 heavy (non-hydrogen) atoms. The van der Waals surface area contributed by atoms with Crippen LogP contribution in [0.25, 0.3) is 0 Å². The maximum absolute atomic E-state index is 5.48. The average molecular weight is 400 g/mol. The second-order valence-electron chi connectivity index (χ2n) is 7.80. The van der Waals surface area contributed by atoms with Crippen LogP contribution in [-0.2, 0) is 6.54 Å². The van der Waals surface area contributed by atoms with E-state index in [2.05, 4.69) is 26.7 Å². The fourth-order valence-electron chi connectivity index (χ4n) is 3.77. The van der Waals surface area contributed by atoms with Gasteiger partial charge in [0, 0.05) is 44.5 Å². The molecule has 2 aromatic rings. The Labute approximate surface area is 173 Å². The van der Waals surface area contributed by atoms with Crippen LogP contribution >= 0.6 is 0 Å². The third kappa shape index (κ3) is 5.97. The van der Waals surface area contributed by atoms with Crippen molar-refractivity contribution in [1.29, 1.82) is 0 Å². The number of benzene rings is 1. The van der Waals surface area contributed by atoms with Crippen LogP contribution in [0.4, 0.5) is 11.8 Å². The molecule has 1 aromatic heterocycles. The van der Waals surface area contributed by atoms with Crippen LogP contribution in [0, 0.1) is 5.92 Å². The molecule has 0 radical (unpaired) electrons. The molecule has 0 spiro atoms. The first-order chi connectivity index (χ1) is 14.1. The topological polar surface area (TPSA) is 71.5 Å². The molecule has 1 heterocycles. The maximum atomic E-state index is 5.48. The van der Waals surface area contributed by atoms with Crippen molar-refractivity contribution in [2.45, 2.75) is 38.3 Å². The number of aromatic nitrogens is 2. The Balaban J connectivity index is 1.42. The van der Waals surface area contributed by atoms with Gasteiger partial charge in [0.1, 0.15) is 17.3 Å². The number of ether oxygens (including phenoxy) is 2. The molecule has 1 aromatic carbocycles. The molecule has 0 amide bonds. The predicted molar refractivity (Wildman–Crippen MR) is 117 cm³/mol. The van der Waals surface area contributed by atoms with Crippen LogP contribution < -0.4 is 25.0 Å². The second-order valence-corrected chi connectivity index (χ2v) is 7.80. The second kappa shape index (κ2) is 10.3. The molecule has 0 atom stereocenters. The zero-order chi connectivity index (χ0) is 20.6. The monoisotopic (exact) mass is 399 g/mol. The highest BCUT2D eigenvalue weighted by Crippen LogP contribution is 2.27.